The lowest BCUT2D eigenvalue weighted by molar-refractivity contribution is 0.159. The second kappa shape index (κ2) is 5.28. The molecule has 0 spiro atoms. The number of nitrogens with two attached hydrogens (primary N) is 1. The van der Waals surface area contributed by atoms with Crippen LogP contribution in [0.1, 0.15) is 26.7 Å². The minimum Gasteiger partial charge on any atom is -0.330 e. The van der Waals surface area contributed by atoms with E-state index in [1.54, 1.807) is 0 Å². The lowest BCUT2D eigenvalue weighted by atomic mass is 9.94. The number of rotatable bonds is 5. The van der Waals surface area contributed by atoms with Gasteiger partial charge in [0.15, 0.2) is 0 Å². The Balaban J connectivity index is 2.42. The topological polar surface area (TPSA) is 32.5 Å². The monoisotopic (exact) mass is 213 g/mol. The van der Waals surface area contributed by atoms with E-state index in [9.17, 15) is 0 Å². The van der Waals surface area contributed by atoms with Gasteiger partial charge >= 0.3 is 0 Å². The van der Waals surface area contributed by atoms with Gasteiger partial charge < -0.3 is 10.6 Å². The summed E-state index contributed by atoms with van der Waals surface area (Å²) >= 11 is 0. The van der Waals surface area contributed by atoms with Crippen molar-refractivity contribution in [2.75, 3.05) is 40.3 Å². The van der Waals surface area contributed by atoms with Gasteiger partial charge in [-0.05, 0) is 53.2 Å². The van der Waals surface area contributed by atoms with Crippen LogP contribution in [-0.4, -0.2) is 55.6 Å². The molecule has 90 valence electrons. The van der Waals surface area contributed by atoms with Gasteiger partial charge in [0.05, 0.1) is 0 Å². The minimum atomic E-state index is 0.371. The van der Waals surface area contributed by atoms with Gasteiger partial charge in [-0.25, -0.2) is 0 Å². The maximum absolute atomic E-state index is 5.64. The second-order valence-electron chi connectivity index (χ2n) is 5.71. The van der Waals surface area contributed by atoms with Gasteiger partial charge in [-0.2, -0.15) is 0 Å². The minimum absolute atomic E-state index is 0.371. The van der Waals surface area contributed by atoms with Gasteiger partial charge in [0.1, 0.15) is 0 Å². The first-order valence-electron chi connectivity index (χ1n) is 6.05. The van der Waals surface area contributed by atoms with Crippen LogP contribution in [0.5, 0.6) is 0 Å². The van der Waals surface area contributed by atoms with Crippen LogP contribution < -0.4 is 5.73 Å². The SMILES string of the molecule is CN(C)CCN1CC(CCN)CC1(C)C. The molecular formula is C12H27N3. The van der Waals surface area contributed by atoms with E-state index in [1.807, 2.05) is 0 Å². The molecule has 3 nitrogen and oxygen atoms in total. The van der Waals surface area contributed by atoms with E-state index in [-0.39, 0.29) is 0 Å². The van der Waals surface area contributed by atoms with Crippen LogP contribution >= 0.6 is 0 Å². The zero-order valence-corrected chi connectivity index (χ0v) is 10.8. The van der Waals surface area contributed by atoms with Gasteiger partial charge in [0.2, 0.25) is 0 Å². The van der Waals surface area contributed by atoms with Crippen LogP contribution in [0.3, 0.4) is 0 Å². The molecule has 0 aromatic carbocycles. The van der Waals surface area contributed by atoms with Gasteiger partial charge in [-0.1, -0.05) is 0 Å². The van der Waals surface area contributed by atoms with Crippen molar-refractivity contribution in [2.45, 2.75) is 32.2 Å². The van der Waals surface area contributed by atoms with Crippen LogP contribution in [0.25, 0.3) is 0 Å². The molecule has 1 heterocycles. The molecule has 0 aromatic rings. The fourth-order valence-electron chi connectivity index (χ4n) is 2.60. The molecule has 15 heavy (non-hydrogen) atoms. The summed E-state index contributed by atoms with van der Waals surface area (Å²) in [6.45, 7) is 9.12. The van der Waals surface area contributed by atoms with Crippen molar-refractivity contribution in [1.82, 2.24) is 9.80 Å². The molecule has 1 atom stereocenters. The Hall–Kier alpha value is -0.120. The van der Waals surface area contributed by atoms with E-state index >= 15 is 0 Å². The first-order valence-corrected chi connectivity index (χ1v) is 6.05. The second-order valence-corrected chi connectivity index (χ2v) is 5.71. The fraction of sp³-hybridized carbons (Fsp3) is 1.00. The Labute approximate surface area is 94.6 Å². The number of likely N-dealkylation sites (tertiary alicyclic amines) is 1. The lowest BCUT2D eigenvalue weighted by Gasteiger charge is -2.32. The van der Waals surface area contributed by atoms with Crippen molar-refractivity contribution < 1.29 is 0 Å². The Morgan fingerprint density at radius 2 is 2.07 bits per heavy atom. The van der Waals surface area contributed by atoms with Gasteiger partial charge in [0, 0.05) is 25.2 Å². The lowest BCUT2D eigenvalue weighted by Crippen LogP contribution is -2.41. The number of likely N-dealkylation sites (N-methyl/N-ethyl adjacent to an activating group) is 1. The summed E-state index contributed by atoms with van der Waals surface area (Å²) in [6, 6.07) is 0. The van der Waals surface area contributed by atoms with E-state index in [1.165, 1.54) is 25.9 Å². The molecule has 2 N–H and O–H groups in total. The van der Waals surface area contributed by atoms with Gasteiger partial charge in [-0.15, -0.1) is 0 Å². The molecule has 1 aliphatic heterocycles. The predicted molar refractivity (Wildman–Crippen MR) is 66.0 cm³/mol. The first kappa shape index (κ1) is 12.9. The first-order chi connectivity index (χ1) is 6.95. The highest BCUT2D eigenvalue weighted by molar-refractivity contribution is 4.92. The van der Waals surface area contributed by atoms with Crippen LogP contribution in [0.15, 0.2) is 0 Å². The summed E-state index contributed by atoms with van der Waals surface area (Å²) in [6.07, 6.45) is 2.49. The smallest absolute Gasteiger partial charge is 0.0157 e. The molecule has 0 amide bonds. The molecule has 0 radical (unpaired) electrons. The zero-order chi connectivity index (χ0) is 11.5. The molecule has 1 aliphatic rings. The summed E-state index contributed by atoms with van der Waals surface area (Å²) in [5, 5.41) is 0. The van der Waals surface area contributed by atoms with E-state index in [0.717, 1.165) is 19.0 Å². The molecule has 0 aromatic heterocycles. The molecular weight excluding hydrogens is 186 g/mol. The summed E-state index contributed by atoms with van der Waals surface area (Å²) in [5.74, 6) is 0.812. The highest BCUT2D eigenvalue weighted by Gasteiger charge is 2.37. The molecule has 0 saturated carbocycles. The van der Waals surface area contributed by atoms with Crippen LogP contribution in [-0.2, 0) is 0 Å². The molecule has 1 rings (SSSR count). The third kappa shape index (κ3) is 3.74. The van der Waals surface area contributed by atoms with Crippen molar-refractivity contribution in [3.8, 4) is 0 Å². The molecule has 1 fully saturated rings. The summed E-state index contributed by atoms with van der Waals surface area (Å²) in [5.41, 5.74) is 6.01. The zero-order valence-electron chi connectivity index (χ0n) is 10.8. The van der Waals surface area contributed by atoms with Crippen LogP contribution in [0.4, 0.5) is 0 Å². The molecule has 0 aliphatic carbocycles. The number of hydrogen-bond acceptors (Lipinski definition) is 3. The quantitative estimate of drug-likeness (QED) is 0.739. The van der Waals surface area contributed by atoms with Gasteiger partial charge in [-0.3, -0.25) is 4.90 Å². The number of nitrogens with zero attached hydrogens (tertiary/aromatic N) is 2. The van der Waals surface area contributed by atoms with E-state index < -0.39 is 0 Å². The maximum atomic E-state index is 5.64. The molecule has 3 heteroatoms. The van der Waals surface area contributed by atoms with Crippen LogP contribution in [0, 0.1) is 5.92 Å². The van der Waals surface area contributed by atoms with E-state index in [2.05, 4.69) is 37.7 Å². The predicted octanol–water partition coefficient (Wildman–Crippen LogP) is 0.997. The molecule has 1 unspecified atom stereocenters. The largest absolute Gasteiger partial charge is 0.330 e. The van der Waals surface area contributed by atoms with Crippen molar-refractivity contribution in [3.63, 3.8) is 0 Å². The highest BCUT2D eigenvalue weighted by Crippen LogP contribution is 2.33. The molecule has 1 saturated heterocycles. The standard InChI is InChI=1S/C12H27N3/c1-12(2)9-11(5-6-13)10-15(12)8-7-14(3)4/h11H,5-10,13H2,1-4H3. The summed E-state index contributed by atoms with van der Waals surface area (Å²) in [4.78, 5) is 4.87. The number of hydrogen-bond donors (Lipinski definition) is 1. The average Bonchev–Trinajstić information content (AvgIpc) is 2.37. The Kier molecular flexibility index (Phi) is 4.56. The Bertz CT molecular complexity index is 189. The Morgan fingerprint density at radius 3 is 2.60 bits per heavy atom. The fourth-order valence-corrected chi connectivity index (χ4v) is 2.60. The van der Waals surface area contributed by atoms with Crippen LogP contribution in [0.2, 0.25) is 0 Å². The van der Waals surface area contributed by atoms with Crippen molar-refractivity contribution in [1.29, 1.82) is 0 Å². The Morgan fingerprint density at radius 1 is 1.40 bits per heavy atom. The van der Waals surface area contributed by atoms with Crippen molar-refractivity contribution in [3.05, 3.63) is 0 Å². The molecule has 0 bridgehead atoms. The summed E-state index contributed by atoms with van der Waals surface area (Å²) < 4.78 is 0. The van der Waals surface area contributed by atoms with E-state index in [4.69, 9.17) is 5.73 Å². The summed E-state index contributed by atoms with van der Waals surface area (Å²) in [7, 11) is 4.28. The third-order valence-electron chi connectivity index (χ3n) is 3.51. The maximum Gasteiger partial charge on any atom is 0.0157 e. The average molecular weight is 213 g/mol. The normalized spacial score (nSPS) is 26.4. The van der Waals surface area contributed by atoms with Crippen molar-refractivity contribution in [2.24, 2.45) is 11.7 Å². The third-order valence-corrected chi connectivity index (χ3v) is 3.51. The van der Waals surface area contributed by atoms with Gasteiger partial charge in [0.25, 0.3) is 0 Å². The van der Waals surface area contributed by atoms with Crippen molar-refractivity contribution >= 4 is 0 Å². The highest BCUT2D eigenvalue weighted by atomic mass is 15.2. The van der Waals surface area contributed by atoms with E-state index in [0.29, 0.717) is 5.54 Å².